The number of nitrogens with zero attached hydrogens (tertiary/aromatic N) is 2. The average Bonchev–Trinajstić information content (AvgIpc) is 2.64. The van der Waals surface area contributed by atoms with Gasteiger partial charge in [-0.2, -0.15) is 0 Å². The molecule has 2 aromatic rings. The highest BCUT2D eigenvalue weighted by atomic mass is 16.2. The van der Waals surface area contributed by atoms with Crippen LogP contribution < -0.4 is 5.32 Å². The van der Waals surface area contributed by atoms with Gasteiger partial charge in [0.2, 0.25) is 11.8 Å². The highest BCUT2D eigenvalue weighted by Crippen LogP contribution is 2.04. The van der Waals surface area contributed by atoms with Crippen LogP contribution in [0.1, 0.15) is 18.1 Å². The molecule has 0 fully saturated rings. The maximum Gasteiger partial charge on any atom is 0.244 e. The number of carbonyl (C=O) groups is 2. The third-order valence-corrected chi connectivity index (χ3v) is 3.50. The minimum Gasteiger partial charge on any atom is -0.343 e. The van der Waals surface area contributed by atoms with Crippen LogP contribution in [-0.2, 0) is 16.1 Å². The molecular weight excluding hydrogens is 302 g/mol. The second-order valence-electron chi connectivity index (χ2n) is 5.23. The van der Waals surface area contributed by atoms with E-state index in [0.717, 1.165) is 11.1 Å². The van der Waals surface area contributed by atoms with E-state index < -0.39 is 0 Å². The normalized spacial score (nSPS) is 10.5. The minimum absolute atomic E-state index is 0.0137. The molecule has 1 aromatic carbocycles. The first-order chi connectivity index (χ1) is 11.7. The third kappa shape index (κ3) is 5.68. The van der Waals surface area contributed by atoms with Crippen molar-refractivity contribution in [2.24, 2.45) is 0 Å². The van der Waals surface area contributed by atoms with Crippen LogP contribution in [-0.4, -0.2) is 34.8 Å². The molecule has 24 heavy (non-hydrogen) atoms. The van der Waals surface area contributed by atoms with Crippen molar-refractivity contribution in [1.82, 2.24) is 15.2 Å². The maximum atomic E-state index is 12.2. The average molecular weight is 323 g/mol. The zero-order chi connectivity index (χ0) is 17.2. The van der Waals surface area contributed by atoms with Gasteiger partial charge in [0.25, 0.3) is 0 Å². The smallest absolute Gasteiger partial charge is 0.244 e. The molecule has 5 nitrogen and oxygen atoms in total. The van der Waals surface area contributed by atoms with E-state index in [1.54, 1.807) is 35.5 Å². The van der Waals surface area contributed by atoms with Crippen molar-refractivity contribution >= 4 is 17.9 Å². The lowest BCUT2D eigenvalue weighted by Crippen LogP contribution is -2.39. The van der Waals surface area contributed by atoms with E-state index in [-0.39, 0.29) is 18.4 Å². The Morgan fingerprint density at radius 1 is 1.12 bits per heavy atom. The zero-order valence-corrected chi connectivity index (χ0v) is 13.7. The van der Waals surface area contributed by atoms with Gasteiger partial charge >= 0.3 is 0 Å². The molecule has 0 bridgehead atoms. The van der Waals surface area contributed by atoms with Gasteiger partial charge in [0.05, 0.1) is 6.54 Å². The maximum absolute atomic E-state index is 12.2. The van der Waals surface area contributed by atoms with Crippen LogP contribution in [0, 0.1) is 0 Å². The van der Waals surface area contributed by atoms with Gasteiger partial charge in [-0.25, -0.2) is 0 Å². The van der Waals surface area contributed by atoms with Crippen LogP contribution in [0.15, 0.2) is 60.9 Å². The number of pyridine rings is 1. The van der Waals surface area contributed by atoms with Crippen molar-refractivity contribution < 1.29 is 9.59 Å². The van der Waals surface area contributed by atoms with Gasteiger partial charge in [0, 0.05) is 31.6 Å². The molecule has 124 valence electrons. The Labute approximate surface area is 142 Å². The predicted octanol–water partition coefficient (Wildman–Crippen LogP) is 2.26. The van der Waals surface area contributed by atoms with Crippen LogP contribution in [0.5, 0.6) is 0 Å². The quantitative estimate of drug-likeness (QED) is 0.795. The summed E-state index contributed by atoms with van der Waals surface area (Å²) in [4.78, 5) is 29.7. The molecular formula is C19H21N3O2. The Morgan fingerprint density at radius 3 is 2.50 bits per heavy atom. The van der Waals surface area contributed by atoms with Crippen LogP contribution in [0.2, 0.25) is 0 Å². The fourth-order valence-electron chi connectivity index (χ4n) is 2.16. The number of benzene rings is 1. The molecule has 2 rings (SSSR count). The summed E-state index contributed by atoms with van der Waals surface area (Å²) in [5.41, 5.74) is 1.95. The first-order valence-electron chi connectivity index (χ1n) is 7.86. The van der Waals surface area contributed by atoms with Crippen molar-refractivity contribution in [3.63, 3.8) is 0 Å². The topological polar surface area (TPSA) is 62.3 Å². The van der Waals surface area contributed by atoms with Gasteiger partial charge in [-0.1, -0.05) is 30.3 Å². The molecule has 0 aliphatic carbocycles. The summed E-state index contributed by atoms with van der Waals surface area (Å²) in [6, 6.07) is 13.4. The van der Waals surface area contributed by atoms with Crippen molar-refractivity contribution in [1.29, 1.82) is 0 Å². The Balaban J connectivity index is 1.82. The van der Waals surface area contributed by atoms with E-state index in [4.69, 9.17) is 0 Å². The van der Waals surface area contributed by atoms with Crippen LogP contribution in [0.3, 0.4) is 0 Å². The fourth-order valence-corrected chi connectivity index (χ4v) is 2.16. The second kappa shape index (κ2) is 9.25. The van der Waals surface area contributed by atoms with Gasteiger partial charge in [-0.05, 0) is 36.3 Å². The van der Waals surface area contributed by atoms with E-state index in [0.29, 0.717) is 13.1 Å². The van der Waals surface area contributed by atoms with E-state index in [9.17, 15) is 9.59 Å². The lowest BCUT2D eigenvalue weighted by atomic mass is 10.2. The van der Waals surface area contributed by atoms with Crippen molar-refractivity contribution in [2.75, 3.05) is 13.1 Å². The minimum atomic E-state index is -0.295. The Bertz CT molecular complexity index is 684. The van der Waals surface area contributed by atoms with Gasteiger partial charge < -0.3 is 10.2 Å². The Morgan fingerprint density at radius 2 is 1.83 bits per heavy atom. The molecule has 5 heteroatoms. The summed E-state index contributed by atoms with van der Waals surface area (Å²) >= 11 is 0. The van der Waals surface area contributed by atoms with Crippen LogP contribution >= 0.6 is 0 Å². The zero-order valence-electron chi connectivity index (χ0n) is 13.7. The summed E-state index contributed by atoms with van der Waals surface area (Å²) in [7, 11) is 0. The van der Waals surface area contributed by atoms with Crippen LogP contribution in [0.25, 0.3) is 6.08 Å². The van der Waals surface area contributed by atoms with Gasteiger partial charge in [-0.3, -0.25) is 14.6 Å². The largest absolute Gasteiger partial charge is 0.343 e. The molecule has 0 spiro atoms. The summed E-state index contributed by atoms with van der Waals surface area (Å²) in [6.07, 6.45) is 6.41. The number of hydrogen-bond acceptors (Lipinski definition) is 3. The summed E-state index contributed by atoms with van der Waals surface area (Å²) in [5.74, 6) is -0.400. The lowest BCUT2D eigenvalue weighted by Gasteiger charge is -2.21. The standard InChI is InChI=1S/C19H21N3O2/c1-2-22(15-17-6-4-3-5-7-17)19(24)14-21-18(23)9-8-16-10-12-20-13-11-16/h3-13H,2,14-15H2,1H3,(H,21,23)/b9-8+. The Kier molecular flexibility index (Phi) is 6.71. The molecule has 0 saturated carbocycles. The van der Waals surface area contributed by atoms with Gasteiger partial charge in [0.1, 0.15) is 0 Å². The molecule has 0 unspecified atom stereocenters. The molecule has 0 radical (unpaired) electrons. The number of carbonyl (C=O) groups excluding carboxylic acids is 2. The SMILES string of the molecule is CCN(Cc1ccccc1)C(=O)CNC(=O)/C=C/c1ccncc1. The van der Waals surface area contributed by atoms with Crippen molar-refractivity contribution in [3.8, 4) is 0 Å². The first kappa shape index (κ1) is 17.4. The lowest BCUT2D eigenvalue weighted by molar-refractivity contribution is -0.132. The molecule has 0 saturated heterocycles. The van der Waals surface area contributed by atoms with E-state index in [1.165, 1.54) is 6.08 Å². The molecule has 2 amide bonds. The van der Waals surface area contributed by atoms with Crippen molar-refractivity contribution in [2.45, 2.75) is 13.5 Å². The highest BCUT2D eigenvalue weighted by molar-refractivity contribution is 5.94. The van der Waals surface area contributed by atoms with Gasteiger partial charge in [-0.15, -0.1) is 0 Å². The first-order valence-corrected chi connectivity index (χ1v) is 7.86. The summed E-state index contributed by atoms with van der Waals surface area (Å²) in [6.45, 7) is 3.04. The molecule has 0 aliphatic heterocycles. The summed E-state index contributed by atoms with van der Waals surface area (Å²) in [5, 5.41) is 2.62. The predicted molar refractivity (Wildman–Crippen MR) is 93.8 cm³/mol. The number of rotatable bonds is 7. The fraction of sp³-hybridized carbons (Fsp3) is 0.211. The molecule has 0 aliphatic rings. The van der Waals surface area contributed by atoms with Crippen molar-refractivity contribution in [3.05, 3.63) is 72.1 Å². The highest BCUT2D eigenvalue weighted by Gasteiger charge is 2.12. The van der Waals surface area contributed by atoms with Gasteiger partial charge in [0.15, 0.2) is 0 Å². The Hall–Kier alpha value is -2.95. The monoisotopic (exact) mass is 323 g/mol. The van der Waals surface area contributed by atoms with E-state index >= 15 is 0 Å². The molecule has 1 aromatic heterocycles. The summed E-state index contributed by atoms with van der Waals surface area (Å²) < 4.78 is 0. The third-order valence-electron chi connectivity index (χ3n) is 3.50. The molecule has 0 atom stereocenters. The number of likely N-dealkylation sites (N-methyl/N-ethyl adjacent to an activating group) is 1. The van der Waals surface area contributed by atoms with E-state index in [2.05, 4.69) is 10.3 Å². The molecule has 1 heterocycles. The second-order valence-corrected chi connectivity index (χ2v) is 5.23. The molecule has 1 N–H and O–H groups in total. The number of nitrogens with one attached hydrogen (secondary N) is 1. The number of aromatic nitrogens is 1. The van der Waals surface area contributed by atoms with E-state index in [1.807, 2.05) is 37.3 Å². The number of amides is 2. The number of hydrogen-bond donors (Lipinski definition) is 1. The van der Waals surface area contributed by atoms with Crippen LogP contribution in [0.4, 0.5) is 0 Å².